The highest BCUT2D eigenvalue weighted by Crippen LogP contribution is 2.65. The maximum absolute atomic E-state index is 15.9. The van der Waals surface area contributed by atoms with E-state index in [4.69, 9.17) is 4.74 Å². The Labute approximate surface area is 236 Å². The van der Waals surface area contributed by atoms with Gasteiger partial charge in [-0.05, 0) is 90.6 Å². The lowest BCUT2D eigenvalue weighted by Gasteiger charge is -2.33. The molecule has 0 bridgehead atoms. The molecule has 1 fully saturated rings. The third-order valence-corrected chi connectivity index (χ3v) is 9.28. The standard InChI is InChI=1S/C34H32F4O3/c1-19-6-10-27(35)23(15-19)21-8-7-20(16-22(21)24-5-4-12-32(24,2)3)18-41-28-11-9-25-29(30(28)36)33(13-14-34(25,37)38)17-26(33)31(39)40/h5-11,15-16,26H,4,12-14,17-18H2,1-3H3,(H,39,40)/t26-,33-/m1/s1. The van der Waals surface area contributed by atoms with Gasteiger partial charge >= 0.3 is 5.97 Å². The first-order valence-electron chi connectivity index (χ1n) is 14.0. The van der Waals surface area contributed by atoms with E-state index in [0.717, 1.165) is 35.1 Å². The van der Waals surface area contributed by atoms with Crippen LogP contribution in [0.3, 0.4) is 0 Å². The largest absolute Gasteiger partial charge is 0.486 e. The van der Waals surface area contributed by atoms with Crippen molar-refractivity contribution in [2.45, 2.75) is 70.8 Å². The highest BCUT2D eigenvalue weighted by Gasteiger charge is 2.65. The average Bonchev–Trinajstić information content (AvgIpc) is 3.54. The lowest BCUT2D eigenvalue weighted by Crippen LogP contribution is -2.31. The molecule has 3 aliphatic rings. The van der Waals surface area contributed by atoms with Gasteiger partial charge in [-0.3, -0.25) is 4.79 Å². The van der Waals surface area contributed by atoms with Gasteiger partial charge in [-0.2, -0.15) is 0 Å². The molecule has 0 heterocycles. The number of ether oxygens (including phenoxy) is 1. The van der Waals surface area contributed by atoms with Gasteiger partial charge in [0.15, 0.2) is 11.6 Å². The number of hydrogen-bond acceptors (Lipinski definition) is 2. The molecular formula is C34H32F4O3. The van der Waals surface area contributed by atoms with Crippen molar-refractivity contribution in [3.05, 3.63) is 94.1 Å². The van der Waals surface area contributed by atoms with Crippen molar-refractivity contribution < 1.29 is 32.2 Å². The van der Waals surface area contributed by atoms with E-state index in [9.17, 15) is 23.1 Å². The van der Waals surface area contributed by atoms with E-state index < -0.39 is 41.0 Å². The SMILES string of the molecule is Cc1ccc(F)c(-c2ccc(COc3ccc4c(c3F)[C@]3(CCC4(F)F)C[C@@H]3C(=O)O)cc2C2=CCCC2(C)C)c1. The molecule has 0 aromatic heterocycles. The van der Waals surface area contributed by atoms with Crippen LogP contribution in [0.1, 0.15) is 73.8 Å². The lowest BCUT2D eigenvalue weighted by atomic mass is 9.76. The lowest BCUT2D eigenvalue weighted by molar-refractivity contribution is -0.139. The molecule has 3 nitrogen and oxygen atoms in total. The molecule has 2 atom stereocenters. The van der Waals surface area contributed by atoms with Crippen molar-refractivity contribution in [1.29, 1.82) is 0 Å². The normalized spacial score (nSPS) is 23.7. The van der Waals surface area contributed by atoms with E-state index in [-0.39, 0.29) is 42.0 Å². The van der Waals surface area contributed by atoms with Gasteiger partial charge in [0.05, 0.1) is 5.92 Å². The Kier molecular flexibility index (Phi) is 6.36. The van der Waals surface area contributed by atoms with E-state index in [2.05, 4.69) is 19.9 Å². The monoisotopic (exact) mass is 564 g/mol. The Bertz CT molecular complexity index is 1610. The van der Waals surface area contributed by atoms with Gasteiger partial charge in [0.1, 0.15) is 12.4 Å². The van der Waals surface area contributed by atoms with Crippen LogP contribution in [-0.4, -0.2) is 11.1 Å². The predicted octanol–water partition coefficient (Wildman–Crippen LogP) is 8.95. The van der Waals surface area contributed by atoms with Crippen molar-refractivity contribution >= 4 is 11.5 Å². The molecule has 0 saturated heterocycles. The van der Waals surface area contributed by atoms with E-state index in [0.29, 0.717) is 11.1 Å². The molecular weight excluding hydrogens is 532 g/mol. The van der Waals surface area contributed by atoms with Crippen molar-refractivity contribution in [3.63, 3.8) is 0 Å². The molecule has 41 heavy (non-hydrogen) atoms. The molecule has 0 radical (unpaired) electrons. The maximum Gasteiger partial charge on any atom is 0.307 e. The van der Waals surface area contributed by atoms with Crippen LogP contribution >= 0.6 is 0 Å². The van der Waals surface area contributed by atoms with Crippen molar-refractivity contribution in [2.75, 3.05) is 0 Å². The summed E-state index contributed by atoms with van der Waals surface area (Å²) < 4.78 is 66.2. The first-order valence-corrected chi connectivity index (χ1v) is 14.0. The van der Waals surface area contributed by atoms with Gasteiger partial charge in [-0.25, -0.2) is 17.6 Å². The minimum absolute atomic E-state index is 0.0429. The summed E-state index contributed by atoms with van der Waals surface area (Å²) in [6.07, 6.45) is 3.58. The number of benzene rings is 3. The number of aliphatic carboxylic acids is 1. The Morgan fingerprint density at radius 1 is 0.976 bits per heavy atom. The fraction of sp³-hybridized carbons (Fsp3) is 0.382. The summed E-state index contributed by atoms with van der Waals surface area (Å²) in [6.45, 7) is 6.18. The van der Waals surface area contributed by atoms with E-state index in [1.807, 2.05) is 25.1 Å². The summed E-state index contributed by atoms with van der Waals surface area (Å²) in [5.41, 5.74) is 2.98. The Morgan fingerprint density at radius 3 is 2.44 bits per heavy atom. The van der Waals surface area contributed by atoms with Gasteiger partial charge in [-0.15, -0.1) is 0 Å². The summed E-state index contributed by atoms with van der Waals surface area (Å²) in [5, 5.41) is 9.56. The molecule has 1 N–H and O–H groups in total. The van der Waals surface area contributed by atoms with Gasteiger partial charge in [0.25, 0.3) is 5.92 Å². The molecule has 1 spiro atoms. The van der Waals surface area contributed by atoms with Crippen LogP contribution in [0.25, 0.3) is 16.7 Å². The second kappa shape index (κ2) is 9.47. The Morgan fingerprint density at radius 2 is 1.76 bits per heavy atom. The number of fused-ring (bicyclic) bond motifs is 2. The second-order valence-corrected chi connectivity index (χ2v) is 12.4. The fourth-order valence-electron chi connectivity index (χ4n) is 6.89. The molecule has 3 aromatic rings. The van der Waals surface area contributed by atoms with E-state index in [1.165, 1.54) is 18.2 Å². The molecule has 7 heteroatoms. The first-order chi connectivity index (χ1) is 19.3. The molecule has 214 valence electrons. The number of halogens is 4. The van der Waals surface area contributed by atoms with Gasteiger partial charge in [-0.1, -0.05) is 43.7 Å². The van der Waals surface area contributed by atoms with Gasteiger partial charge < -0.3 is 9.84 Å². The molecule has 0 amide bonds. The fourth-order valence-corrected chi connectivity index (χ4v) is 6.89. The zero-order valence-electron chi connectivity index (χ0n) is 23.3. The number of allylic oxidation sites excluding steroid dienone is 2. The van der Waals surface area contributed by atoms with E-state index >= 15 is 4.39 Å². The highest BCUT2D eigenvalue weighted by molar-refractivity contribution is 5.85. The predicted molar refractivity (Wildman–Crippen MR) is 149 cm³/mol. The Hall–Kier alpha value is -3.61. The molecule has 0 aliphatic heterocycles. The zero-order chi connectivity index (χ0) is 29.3. The summed E-state index contributed by atoms with van der Waals surface area (Å²) in [5.74, 6) is -6.64. The van der Waals surface area contributed by atoms with E-state index in [1.54, 1.807) is 12.1 Å². The number of hydrogen-bond donors (Lipinski definition) is 1. The van der Waals surface area contributed by atoms with Crippen LogP contribution in [-0.2, 0) is 22.7 Å². The third kappa shape index (κ3) is 4.54. The van der Waals surface area contributed by atoms with Crippen LogP contribution in [0, 0.1) is 29.9 Å². The number of carboxylic acids is 1. The summed E-state index contributed by atoms with van der Waals surface area (Å²) in [4.78, 5) is 11.7. The number of rotatable bonds is 6. The number of carbonyl (C=O) groups is 1. The minimum Gasteiger partial charge on any atom is -0.486 e. The van der Waals surface area contributed by atoms with Gasteiger partial charge in [0, 0.05) is 28.5 Å². The zero-order valence-corrected chi connectivity index (χ0v) is 23.3. The quantitative estimate of drug-likeness (QED) is 0.304. The van der Waals surface area contributed by atoms with Crippen molar-refractivity contribution in [2.24, 2.45) is 11.3 Å². The molecule has 3 aromatic carbocycles. The minimum atomic E-state index is -3.23. The van der Waals surface area contributed by atoms with Crippen molar-refractivity contribution in [1.82, 2.24) is 0 Å². The average molecular weight is 565 g/mol. The molecule has 0 unspecified atom stereocenters. The van der Waals surface area contributed by atoms with Gasteiger partial charge in [0.2, 0.25) is 0 Å². The van der Waals surface area contributed by atoms with Crippen LogP contribution in [0.4, 0.5) is 17.6 Å². The third-order valence-electron chi connectivity index (χ3n) is 9.28. The van der Waals surface area contributed by atoms with Crippen LogP contribution < -0.4 is 4.74 Å². The van der Waals surface area contributed by atoms with Crippen LogP contribution in [0.15, 0.2) is 54.6 Å². The first kappa shape index (κ1) is 27.6. The summed E-state index contributed by atoms with van der Waals surface area (Å²) in [6, 6.07) is 13.0. The summed E-state index contributed by atoms with van der Waals surface area (Å²) in [7, 11) is 0. The topological polar surface area (TPSA) is 46.5 Å². The summed E-state index contributed by atoms with van der Waals surface area (Å²) >= 11 is 0. The van der Waals surface area contributed by atoms with Crippen LogP contribution in [0.2, 0.25) is 0 Å². The molecule has 3 aliphatic carbocycles. The highest BCUT2D eigenvalue weighted by atomic mass is 19.3. The number of carboxylic acid groups (broad SMARTS) is 1. The second-order valence-electron chi connectivity index (χ2n) is 12.4. The van der Waals surface area contributed by atoms with Crippen molar-refractivity contribution in [3.8, 4) is 16.9 Å². The molecule has 6 rings (SSSR count). The molecule has 1 saturated carbocycles. The number of alkyl halides is 2. The Balaban J connectivity index is 1.36. The maximum atomic E-state index is 15.9. The van der Waals surface area contributed by atoms with Crippen LogP contribution in [0.5, 0.6) is 5.75 Å². The number of aryl methyl sites for hydroxylation is 1. The smallest absolute Gasteiger partial charge is 0.307 e.